The highest BCUT2D eigenvalue weighted by Gasteiger charge is 2.21. The summed E-state index contributed by atoms with van der Waals surface area (Å²) >= 11 is 0. The molecule has 3 heterocycles. The number of carbonyl (C=O) groups is 1. The molecule has 0 aliphatic heterocycles. The second-order valence-corrected chi connectivity index (χ2v) is 10.2. The zero-order valence-electron chi connectivity index (χ0n) is 21.5. The van der Waals surface area contributed by atoms with E-state index in [0.717, 1.165) is 76.5 Å². The quantitative estimate of drug-likeness (QED) is 0.279. The van der Waals surface area contributed by atoms with Gasteiger partial charge in [0.15, 0.2) is 0 Å². The van der Waals surface area contributed by atoms with Crippen LogP contribution < -0.4 is 16.8 Å². The number of hydrogen-bond donors (Lipinski definition) is 3. The fraction of sp³-hybridized carbons (Fsp3) is 0.258. The average molecular weight is 505 g/mol. The van der Waals surface area contributed by atoms with Crippen LogP contribution in [0.25, 0.3) is 38.8 Å². The lowest BCUT2D eigenvalue weighted by Crippen LogP contribution is -2.33. The van der Waals surface area contributed by atoms with Gasteiger partial charge in [0, 0.05) is 58.4 Å². The number of carbonyl (C=O) groups excluding carboxylic acids is 1. The first-order valence-electron chi connectivity index (χ1n) is 13.3. The van der Waals surface area contributed by atoms with E-state index < -0.39 is 5.91 Å². The molecule has 0 saturated heterocycles. The molecule has 0 unspecified atom stereocenters. The van der Waals surface area contributed by atoms with Crippen molar-refractivity contribution in [3.63, 3.8) is 0 Å². The number of aromatic nitrogens is 3. The first-order chi connectivity index (χ1) is 18.5. The second kappa shape index (κ2) is 9.91. The summed E-state index contributed by atoms with van der Waals surface area (Å²) in [4.78, 5) is 21.8. The van der Waals surface area contributed by atoms with E-state index in [4.69, 9.17) is 21.4 Å². The molecule has 0 radical (unpaired) electrons. The highest BCUT2D eigenvalue weighted by molar-refractivity contribution is 6.00. The van der Waals surface area contributed by atoms with E-state index in [-0.39, 0.29) is 12.1 Å². The average Bonchev–Trinajstić information content (AvgIpc) is 3.33. The van der Waals surface area contributed by atoms with Crippen molar-refractivity contribution in [2.24, 2.45) is 11.5 Å². The van der Waals surface area contributed by atoms with Crippen LogP contribution in [0.2, 0.25) is 0 Å². The van der Waals surface area contributed by atoms with Gasteiger partial charge in [-0.15, -0.1) is 0 Å². The first kappa shape index (κ1) is 24.1. The molecular weight excluding hydrogens is 472 g/mol. The molecule has 3 aromatic heterocycles. The molecule has 1 amide bonds. The minimum absolute atomic E-state index is 0.256. The Labute approximate surface area is 221 Å². The third-order valence-corrected chi connectivity index (χ3v) is 7.73. The number of para-hydroxylation sites is 1. The Morgan fingerprint density at radius 2 is 1.87 bits per heavy atom. The van der Waals surface area contributed by atoms with Gasteiger partial charge < -0.3 is 21.4 Å². The topological polar surface area (TPSA) is 112 Å². The van der Waals surface area contributed by atoms with Gasteiger partial charge in [0.05, 0.1) is 11.1 Å². The normalized spacial score (nSPS) is 17.6. The molecule has 0 spiro atoms. The van der Waals surface area contributed by atoms with Crippen LogP contribution in [-0.4, -0.2) is 32.5 Å². The van der Waals surface area contributed by atoms with Crippen LogP contribution >= 0.6 is 0 Å². The van der Waals surface area contributed by atoms with Gasteiger partial charge in [-0.1, -0.05) is 25.1 Å². The van der Waals surface area contributed by atoms with Crippen molar-refractivity contribution in [3.05, 3.63) is 84.3 Å². The Morgan fingerprint density at radius 3 is 2.66 bits per heavy atom. The summed E-state index contributed by atoms with van der Waals surface area (Å²) in [6.07, 6.45) is 10.7. The van der Waals surface area contributed by atoms with Crippen molar-refractivity contribution in [1.29, 1.82) is 0 Å². The Hall–Kier alpha value is -4.23. The summed E-state index contributed by atoms with van der Waals surface area (Å²) in [5.74, 6) is -0.442. The number of nitrogens with zero attached hydrogens (tertiary/aromatic N) is 3. The van der Waals surface area contributed by atoms with E-state index in [1.165, 1.54) is 5.56 Å². The number of fused-ring (bicyclic) bond motifs is 2. The van der Waals surface area contributed by atoms with E-state index in [0.29, 0.717) is 5.56 Å². The monoisotopic (exact) mass is 504 g/mol. The van der Waals surface area contributed by atoms with Crippen molar-refractivity contribution in [3.8, 4) is 16.8 Å². The Balaban J connectivity index is 1.45. The minimum Gasteiger partial charge on any atom is -0.382 e. The van der Waals surface area contributed by atoms with Crippen LogP contribution in [0.5, 0.6) is 0 Å². The van der Waals surface area contributed by atoms with Gasteiger partial charge in [0.1, 0.15) is 5.65 Å². The highest BCUT2D eigenvalue weighted by Crippen LogP contribution is 2.35. The predicted octanol–water partition coefficient (Wildman–Crippen LogP) is 5.58. The van der Waals surface area contributed by atoms with E-state index in [1.54, 1.807) is 0 Å². The predicted molar refractivity (Wildman–Crippen MR) is 154 cm³/mol. The third kappa shape index (κ3) is 4.39. The number of nitrogens with one attached hydrogen (secondary N) is 1. The second-order valence-electron chi connectivity index (χ2n) is 10.2. The zero-order valence-corrected chi connectivity index (χ0v) is 21.5. The molecule has 38 heavy (non-hydrogen) atoms. The summed E-state index contributed by atoms with van der Waals surface area (Å²) in [6, 6.07) is 18.7. The van der Waals surface area contributed by atoms with E-state index >= 15 is 0 Å². The largest absolute Gasteiger partial charge is 0.382 e. The maximum absolute atomic E-state index is 12.3. The van der Waals surface area contributed by atoms with E-state index in [2.05, 4.69) is 41.2 Å². The van der Waals surface area contributed by atoms with Gasteiger partial charge in [-0.25, -0.2) is 4.98 Å². The number of benzene rings is 2. The van der Waals surface area contributed by atoms with Gasteiger partial charge in [-0.2, -0.15) is 0 Å². The van der Waals surface area contributed by atoms with Crippen LogP contribution in [0, 0.1) is 0 Å². The lowest BCUT2D eigenvalue weighted by atomic mass is 9.91. The molecule has 5 aromatic rings. The number of rotatable bonds is 6. The van der Waals surface area contributed by atoms with Gasteiger partial charge in [-0.3, -0.25) is 9.78 Å². The van der Waals surface area contributed by atoms with Crippen molar-refractivity contribution >= 4 is 33.5 Å². The van der Waals surface area contributed by atoms with Crippen molar-refractivity contribution in [1.82, 2.24) is 14.5 Å². The molecule has 2 aromatic carbocycles. The van der Waals surface area contributed by atoms with E-state index in [9.17, 15) is 4.79 Å². The van der Waals surface area contributed by atoms with Crippen molar-refractivity contribution < 1.29 is 4.79 Å². The molecule has 1 aliphatic carbocycles. The lowest BCUT2D eigenvalue weighted by molar-refractivity contribution is 0.100. The molecule has 1 aliphatic rings. The Kier molecular flexibility index (Phi) is 6.29. The van der Waals surface area contributed by atoms with Crippen LogP contribution in [0.15, 0.2) is 73.2 Å². The van der Waals surface area contributed by atoms with Gasteiger partial charge >= 0.3 is 0 Å². The number of aryl methyl sites for hydroxylation is 1. The SMILES string of the molecule is CCc1cn(-c2ccc(C(N)=O)c(N[C@H]3CC[C@H](N)CC3)c2)c2nccc(-c3cnc4ccccc4c3)c12. The van der Waals surface area contributed by atoms with Gasteiger partial charge in [-0.05, 0) is 79.6 Å². The smallest absolute Gasteiger partial charge is 0.250 e. The summed E-state index contributed by atoms with van der Waals surface area (Å²) in [5, 5.41) is 5.80. The molecule has 7 heteroatoms. The number of amides is 1. The first-order valence-corrected chi connectivity index (χ1v) is 13.3. The zero-order chi connectivity index (χ0) is 26.2. The molecule has 0 atom stereocenters. The Morgan fingerprint density at radius 1 is 1.05 bits per heavy atom. The molecule has 192 valence electrons. The molecule has 7 nitrogen and oxygen atoms in total. The third-order valence-electron chi connectivity index (χ3n) is 7.73. The number of hydrogen-bond acceptors (Lipinski definition) is 5. The fourth-order valence-electron chi connectivity index (χ4n) is 5.66. The molecular formula is C31H32N6O. The standard InChI is InChI=1S/C31H32N6O/c1-2-19-18-37(24-11-12-26(30(33)38)28(16-24)36-23-9-7-22(32)8-10-23)31-29(19)25(13-14-34-31)21-15-20-5-3-4-6-27(20)35-17-21/h3-6,11-18,22-23,36H,2,7-10,32H2,1H3,(H2,33,38)/t22-,23-. The highest BCUT2D eigenvalue weighted by atomic mass is 16.1. The van der Waals surface area contributed by atoms with Crippen LogP contribution in [-0.2, 0) is 6.42 Å². The molecule has 6 rings (SSSR count). The van der Waals surface area contributed by atoms with Crippen LogP contribution in [0.4, 0.5) is 5.69 Å². The summed E-state index contributed by atoms with van der Waals surface area (Å²) in [6.45, 7) is 2.16. The Bertz CT molecular complexity index is 1650. The molecule has 1 fully saturated rings. The van der Waals surface area contributed by atoms with Gasteiger partial charge in [0.25, 0.3) is 5.91 Å². The number of nitrogens with two attached hydrogens (primary N) is 2. The molecule has 5 N–H and O–H groups in total. The van der Waals surface area contributed by atoms with Gasteiger partial charge in [0.2, 0.25) is 0 Å². The maximum atomic E-state index is 12.3. The minimum atomic E-state index is -0.442. The summed E-state index contributed by atoms with van der Waals surface area (Å²) in [7, 11) is 0. The van der Waals surface area contributed by atoms with Crippen molar-refractivity contribution in [2.45, 2.75) is 51.1 Å². The number of anilines is 1. The van der Waals surface area contributed by atoms with Crippen molar-refractivity contribution in [2.75, 3.05) is 5.32 Å². The van der Waals surface area contributed by atoms with Crippen LogP contribution in [0.1, 0.15) is 48.5 Å². The molecule has 1 saturated carbocycles. The summed E-state index contributed by atoms with van der Waals surface area (Å²) < 4.78 is 2.11. The maximum Gasteiger partial charge on any atom is 0.250 e. The molecule has 0 bridgehead atoms. The van der Waals surface area contributed by atoms with Crippen LogP contribution in [0.3, 0.4) is 0 Å². The fourth-order valence-corrected chi connectivity index (χ4v) is 5.66. The lowest BCUT2D eigenvalue weighted by Gasteiger charge is -2.28. The summed E-state index contributed by atoms with van der Waals surface area (Å²) in [5.41, 5.74) is 19.2. The number of pyridine rings is 2. The van der Waals surface area contributed by atoms with E-state index in [1.807, 2.05) is 48.8 Å². The number of primary amides is 1.